The van der Waals surface area contributed by atoms with Gasteiger partial charge >= 0.3 is 0 Å². The highest BCUT2D eigenvalue weighted by atomic mass is 16.2. The maximum Gasteiger partial charge on any atom is 0.271 e. The number of hydrogen-bond donors (Lipinski definition) is 3. The number of anilines is 1. The predicted molar refractivity (Wildman–Crippen MR) is 62.0 cm³/mol. The van der Waals surface area contributed by atoms with Gasteiger partial charge in [0.05, 0.1) is 11.9 Å². The summed E-state index contributed by atoms with van der Waals surface area (Å²) < 4.78 is 0. The molecule has 0 saturated heterocycles. The number of nitrogen functional groups attached to an aromatic ring is 1. The SMILES string of the molecule is Nc1cn[nH]c1C(=O)NC1CCCCCC1. The van der Waals surface area contributed by atoms with E-state index in [9.17, 15) is 4.79 Å². The second kappa shape index (κ2) is 5.01. The summed E-state index contributed by atoms with van der Waals surface area (Å²) in [4.78, 5) is 11.8. The van der Waals surface area contributed by atoms with Crippen LogP contribution < -0.4 is 11.1 Å². The average molecular weight is 222 g/mol. The van der Waals surface area contributed by atoms with Crippen LogP contribution in [0.2, 0.25) is 0 Å². The molecule has 1 aliphatic carbocycles. The summed E-state index contributed by atoms with van der Waals surface area (Å²) in [6.45, 7) is 0. The molecule has 16 heavy (non-hydrogen) atoms. The van der Waals surface area contributed by atoms with E-state index in [0.717, 1.165) is 12.8 Å². The van der Waals surface area contributed by atoms with Crippen LogP contribution in [0.15, 0.2) is 6.20 Å². The quantitative estimate of drug-likeness (QED) is 0.662. The van der Waals surface area contributed by atoms with Gasteiger partial charge in [-0.05, 0) is 12.8 Å². The Balaban J connectivity index is 1.93. The van der Waals surface area contributed by atoms with Crippen molar-refractivity contribution in [2.24, 2.45) is 0 Å². The predicted octanol–water partition coefficient (Wildman–Crippen LogP) is 1.44. The topological polar surface area (TPSA) is 83.8 Å². The van der Waals surface area contributed by atoms with Crippen molar-refractivity contribution < 1.29 is 4.79 Å². The van der Waals surface area contributed by atoms with E-state index in [1.165, 1.54) is 31.9 Å². The molecule has 2 rings (SSSR count). The minimum atomic E-state index is -0.137. The van der Waals surface area contributed by atoms with Gasteiger partial charge in [-0.25, -0.2) is 0 Å². The third-order valence-electron chi connectivity index (χ3n) is 3.09. The van der Waals surface area contributed by atoms with Gasteiger partial charge in [0.2, 0.25) is 0 Å². The van der Waals surface area contributed by atoms with Crippen LogP contribution in [0.25, 0.3) is 0 Å². The molecular weight excluding hydrogens is 204 g/mol. The van der Waals surface area contributed by atoms with Crippen molar-refractivity contribution >= 4 is 11.6 Å². The fourth-order valence-electron chi connectivity index (χ4n) is 2.16. The molecule has 5 heteroatoms. The lowest BCUT2D eigenvalue weighted by Crippen LogP contribution is -2.35. The number of nitrogens with one attached hydrogen (secondary N) is 2. The molecule has 1 saturated carbocycles. The number of carbonyl (C=O) groups excluding carboxylic acids is 1. The van der Waals surface area contributed by atoms with Crippen LogP contribution in [0.1, 0.15) is 49.0 Å². The van der Waals surface area contributed by atoms with Gasteiger partial charge < -0.3 is 11.1 Å². The van der Waals surface area contributed by atoms with Gasteiger partial charge in [0.1, 0.15) is 5.69 Å². The third-order valence-corrected chi connectivity index (χ3v) is 3.09. The van der Waals surface area contributed by atoms with E-state index >= 15 is 0 Å². The smallest absolute Gasteiger partial charge is 0.271 e. The Morgan fingerprint density at radius 3 is 2.62 bits per heavy atom. The minimum Gasteiger partial charge on any atom is -0.396 e. The number of hydrogen-bond acceptors (Lipinski definition) is 3. The van der Waals surface area contributed by atoms with E-state index in [0.29, 0.717) is 11.4 Å². The Labute approximate surface area is 94.8 Å². The van der Waals surface area contributed by atoms with Crippen molar-refractivity contribution in [1.82, 2.24) is 15.5 Å². The van der Waals surface area contributed by atoms with Crippen LogP contribution >= 0.6 is 0 Å². The number of H-pyrrole nitrogens is 1. The summed E-state index contributed by atoms with van der Waals surface area (Å²) in [5.74, 6) is -0.137. The molecule has 0 aromatic carbocycles. The van der Waals surface area contributed by atoms with E-state index < -0.39 is 0 Å². The molecule has 1 fully saturated rings. The lowest BCUT2D eigenvalue weighted by Gasteiger charge is -2.15. The maximum absolute atomic E-state index is 11.8. The van der Waals surface area contributed by atoms with Crippen LogP contribution in [-0.2, 0) is 0 Å². The van der Waals surface area contributed by atoms with Crippen molar-refractivity contribution in [3.05, 3.63) is 11.9 Å². The summed E-state index contributed by atoms with van der Waals surface area (Å²) in [6, 6.07) is 0.290. The van der Waals surface area contributed by atoms with Gasteiger partial charge in [-0.2, -0.15) is 5.10 Å². The van der Waals surface area contributed by atoms with E-state index in [1.807, 2.05) is 0 Å². The van der Waals surface area contributed by atoms with Crippen LogP contribution in [0.4, 0.5) is 5.69 Å². The molecule has 5 nitrogen and oxygen atoms in total. The Kier molecular flexibility index (Phi) is 3.44. The molecule has 1 aromatic heterocycles. The molecule has 0 atom stereocenters. The number of nitrogens with two attached hydrogens (primary N) is 1. The summed E-state index contributed by atoms with van der Waals surface area (Å²) in [7, 11) is 0. The summed E-state index contributed by atoms with van der Waals surface area (Å²) in [5.41, 5.74) is 6.41. The number of aromatic amines is 1. The van der Waals surface area contributed by atoms with Gasteiger partial charge in [0.25, 0.3) is 5.91 Å². The zero-order valence-corrected chi connectivity index (χ0v) is 9.33. The highest BCUT2D eigenvalue weighted by molar-refractivity contribution is 5.97. The lowest BCUT2D eigenvalue weighted by molar-refractivity contribution is 0.0929. The Morgan fingerprint density at radius 1 is 1.38 bits per heavy atom. The second-order valence-electron chi connectivity index (χ2n) is 4.36. The van der Waals surface area contributed by atoms with Crippen LogP contribution in [-0.4, -0.2) is 22.1 Å². The van der Waals surface area contributed by atoms with Gasteiger partial charge in [-0.3, -0.25) is 9.89 Å². The molecule has 0 spiro atoms. The molecular formula is C11H18N4O. The van der Waals surface area contributed by atoms with Gasteiger partial charge in [0, 0.05) is 6.04 Å². The zero-order chi connectivity index (χ0) is 11.4. The number of aromatic nitrogens is 2. The second-order valence-corrected chi connectivity index (χ2v) is 4.36. The first-order valence-electron chi connectivity index (χ1n) is 5.87. The molecule has 0 aliphatic heterocycles. The molecule has 1 amide bonds. The van der Waals surface area contributed by atoms with E-state index in [4.69, 9.17) is 5.73 Å². The summed E-state index contributed by atoms with van der Waals surface area (Å²) in [5, 5.41) is 9.38. The molecule has 0 bridgehead atoms. The Bertz CT molecular complexity index is 353. The maximum atomic E-state index is 11.8. The molecule has 1 aliphatic rings. The molecule has 4 N–H and O–H groups in total. The Hall–Kier alpha value is -1.52. The molecule has 0 unspecified atom stereocenters. The van der Waals surface area contributed by atoms with E-state index in [1.54, 1.807) is 0 Å². The van der Waals surface area contributed by atoms with Crippen molar-refractivity contribution in [2.45, 2.75) is 44.6 Å². The highest BCUT2D eigenvalue weighted by Gasteiger charge is 2.18. The number of carbonyl (C=O) groups is 1. The standard InChI is InChI=1S/C11H18N4O/c12-9-7-13-15-10(9)11(16)14-8-5-3-1-2-4-6-8/h7-8H,1-6,12H2,(H,13,15)(H,14,16). The first-order chi connectivity index (χ1) is 7.77. The number of nitrogens with zero attached hydrogens (tertiary/aromatic N) is 1. The van der Waals surface area contributed by atoms with Crippen LogP contribution in [0.5, 0.6) is 0 Å². The van der Waals surface area contributed by atoms with Gasteiger partial charge in [-0.15, -0.1) is 0 Å². The normalized spacial score (nSPS) is 18.0. The molecule has 1 heterocycles. The fraction of sp³-hybridized carbons (Fsp3) is 0.636. The van der Waals surface area contributed by atoms with E-state index in [-0.39, 0.29) is 11.9 Å². The van der Waals surface area contributed by atoms with Crippen LogP contribution in [0, 0.1) is 0 Å². The first-order valence-corrected chi connectivity index (χ1v) is 5.87. The van der Waals surface area contributed by atoms with Crippen molar-refractivity contribution in [3.63, 3.8) is 0 Å². The Morgan fingerprint density at radius 2 is 2.06 bits per heavy atom. The first kappa shape index (κ1) is 11.0. The van der Waals surface area contributed by atoms with Crippen molar-refractivity contribution in [2.75, 3.05) is 5.73 Å². The largest absolute Gasteiger partial charge is 0.396 e. The third kappa shape index (κ3) is 2.53. The molecule has 88 valence electrons. The lowest BCUT2D eigenvalue weighted by atomic mass is 10.1. The van der Waals surface area contributed by atoms with Crippen molar-refractivity contribution in [1.29, 1.82) is 0 Å². The van der Waals surface area contributed by atoms with Crippen molar-refractivity contribution in [3.8, 4) is 0 Å². The number of amides is 1. The van der Waals surface area contributed by atoms with Gasteiger partial charge in [0.15, 0.2) is 0 Å². The van der Waals surface area contributed by atoms with Gasteiger partial charge in [-0.1, -0.05) is 25.7 Å². The summed E-state index contributed by atoms with van der Waals surface area (Å²) >= 11 is 0. The monoisotopic (exact) mass is 222 g/mol. The molecule has 1 aromatic rings. The average Bonchev–Trinajstić information content (AvgIpc) is 2.53. The number of rotatable bonds is 2. The van der Waals surface area contributed by atoms with E-state index in [2.05, 4.69) is 15.5 Å². The molecule has 0 radical (unpaired) electrons. The van der Waals surface area contributed by atoms with Crippen LogP contribution in [0.3, 0.4) is 0 Å². The highest BCUT2D eigenvalue weighted by Crippen LogP contribution is 2.18. The fourth-order valence-corrected chi connectivity index (χ4v) is 2.16. The zero-order valence-electron chi connectivity index (χ0n) is 9.33. The minimum absolute atomic E-state index is 0.137. The summed E-state index contributed by atoms with van der Waals surface area (Å²) in [6.07, 6.45) is 8.55.